The van der Waals surface area contributed by atoms with Gasteiger partial charge in [-0.1, -0.05) is 32.9 Å². The molecule has 2 unspecified atom stereocenters. The number of Topliss-reactive ketones (excluding diaryl/α,β-unsaturated/α-hetero) is 1. The summed E-state index contributed by atoms with van der Waals surface area (Å²) in [6.45, 7) is 6.40. The SMILES string of the molecule is COc1ccc(OC)c2c1CC1C(=O)C(C)C=C[C@H]1C2(C)C. The summed E-state index contributed by atoms with van der Waals surface area (Å²) in [5.74, 6) is 2.34. The zero-order valence-electron chi connectivity index (χ0n) is 14.0. The molecule has 0 saturated carbocycles. The Morgan fingerprint density at radius 2 is 1.73 bits per heavy atom. The quantitative estimate of drug-likeness (QED) is 0.784. The molecule has 3 atom stereocenters. The lowest BCUT2D eigenvalue weighted by Crippen LogP contribution is -2.46. The standard InChI is InChI=1S/C19H24O3/c1-11-6-7-14-12(18(11)20)10-13-15(21-4)8-9-16(22-5)17(13)19(14,2)3/h6-9,11-12,14H,10H2,1-5H3/t11?,12?,14-/m1/s1. The van der Waals surface area contributed by atoms with Crippen LogP contribution in [0.5, 0.6) is 11.5 Å². The summed E-state index contributed by atoms with van der Waals surface area (Å²) in [7, 11) is 3.39. The first kappa shape index (κ1) is 15.1. The lowest BCUT2D eigenvalue weighted by atomic mass is 9.57. The number of ketones is 1. The first-order valence-electron chi connectivity index (χ1n) is 7.88. The molecule has 3 rings (SSSR count). The highest BCUT2D eigenvalue weighted by Crippen LogP contribution is 2.52. The Balaban J connectivity index is 2.23. The molecule has 118 valence electrons. The van der Waals surface area contributed by atoms with Crippen LogP contribution in [0.25, 0.3) is 0 Å². The Morgan fingerprint density at radius 3 is 2.36 bits per heavy atom. The van der Waals surface area contributed by atoms with Gasteiger partial charge in [0.05, 0.1) is 14.2 Å². The van der Waals surface area contributed by atoms with Gasteiger partial charge in [-0.3, -0.25) is 4.79 Å². The molecule has 0 aromatic heterocycles. The van der Waals surface area contributed by atoms with E-state index >= 15 is 0 Å². The highest BCUT2D eigenvalue weighted by atomic mass is 16.5. The summed E-state index contributed by atoms with van der Waals surface area (Å²) in [4.78, 5) is 12.7. The number of hydrogen-bond donors (Lipinski definition) is 0. The number of fused-ring (bicyclic) bond motifs is 2. The Hall–Kier alpha value is -1.77. The third-order valence-electron chi connectivity index (χ3n) is 5.43. The molecule has 0 amide bonds. The van der Waals surface area contributed by atoms with Crippen LogP contribution in [0.3, 0.4) is 0 Å². The largest absolute Gasteiger partial charge is 0.496 e. The lowest BCUT2D eigenvalue weighted by molar-refractivity contribution is -0.128. The van der Waals surface area contributed by atoms with Gasteiger partial charge in [-0.15, -0.1) is 0 Å². The summed E-state index contributed by atoms with van der Waals surface area (Å²) in [5.41, 5.74) is 2.15. The van der Waals surface area contributed by atoms with Crippen LogP contribution >= 0.6 is 0 Å². The summed E-state index contributed by atoms with van der Waals surface area (Å²) in [6.07, 6.45) is 5.03. The predicted octanol–water partition coefficient (Wildman–Crippen LogP) is 3.54. The molecular weight excluding hydrogens is 276 g/mol. The van der Waals surface area contributed by atoms with E-state index in [0.29, 0.717) is 5.78 Å². The minimum Gasteiger partial charge on any atom is -0.496 e. The van der Waals surface area contributed by atoms with Crippen LogP contribution in [0.4, 0.5) is 0 Å². The molecule has 0 saturated heterocycles. The molecule has 3 nitrogen and oxygen atoms in total. The molecular formula is C19H24O3. The van der Waals surface area contributed by atoms with Gasteiger partial charge in [0.25, 0.3) is 0 Å². The summed E-state index contributed by atoms with van der Waals surface area (Å²) < 4.78 is 11.2. The second-order valence-corrected chi connectivity index (χ2v) is 6.96. The number of allylic oxidation sites excluding steroid dienone is 2. The van der Waals surface area contributed by atoms with Crippen molar-refractivity contribution in [2.75, 3.05) is 14.2 Å². The van der Waals surface area contributed by atoms with E-state index in [4.69, 9.17) is 9.47 Å². The van der Waals surface area contributed by atoms with E-state index in [9.17, 15) is 4.79 Å². The summed E-state index contributed by atoms with van der Waals surface area (Å²) in [5, 5.41) is 0. The predicted molar refractivity (Wildman–Crippen MR) is 86.6 cm³/mol. The zero-order valence-corrected chi connectivity index (χ0v) is 14.0. The van der Waals surface area contributed by atoms with Crippen molar-refractivity contribution in [2.24, 2.45) is 17.8 Å². The number of hydrogen-bond acceptors (Lipinski definition) is 3. The first-order chi connectivity index (χ1) is 10.4. The van der Waals surface area contributed by atoms with Crippen molar-refractivity contribution in [3.8, 4) is 11.5 Å². The number of carbonyl (C=O) groups is 1. The molecule has 1 aromatic rings. The van der Waals surface area contributed by atoms with Gasteiger partial charge in [0.1, 0.15) is 17.3 Å². The van der Waals surface area contributed by atoms with Crippen molar-refractivity contribution >= 4 is 5.78 Å². The molecule has 0 bridgehead atoms. The fraction of sp³-hybridized carbons (Fsp3) is 0.526. The second kappa shape index (κ2) is 5.15. The third kappa shape index (κ3) is 1.98. The molecule has 0 fully saturated rings. The van der Waals surface area contributed by atoms with Gasteiger partial charge < -0.3 is 9.47 Å². The molecule has 0 heterocycles. The Kier molecular flexibility index (Phi) is 3.54. The highest BCUT2D eigenvalue weighted by molar-refractivity contribution is 5.87. The van der Waals surface area contributed by atoms with E-state index < -0.39 is 0 Å². The minimum atomic E-state index is -0.162. The molecule has 2 aliphatic carbocycles. The molecule has 0 radical (unpaired) electrons. The first-order valence-corrected chi connectivity index (χ1v) is 7.88. The summed E-state index contributed by atoms with van der Waals surface area (Å²) >= 11 is 0. The van der Waals surface area contributed by atoms with E-state index in [2.05, 4.69) is 26.0 Å². The van der Waals surface area contributed by atoms with E-state index in [1.807, 2.05) is 19.1 Å². The van der Waals surface area contributed by atoms with Crippen LogP contribution in [0.2, 0.25) is 0 Å². The Morgan fingerprint density at radius 1 is 1.09 bits per heavy atom. The lowest BCUT2D eigenvalue weighted by Gasteiger charge is -2.46. The Bertz CT molecular complexity index is 642. The molecule has 0 N–H and O–H groups in total. The van der Waals surface area contributed by atoms with Crippen molar-refractivity contribution in [3.63, 3.8) is 0 Å². The Labute approximate surface area is 132 Å². The zero-order chi connectivity index (χ0) is 16.1. The highest BCUT2D eigenvalue weighted by Gasteiger charge is 2.48. The van der Waals surface area contributed by atoms with Crippen molar-refractivity contribution in [1.82, 2.24) is 0 Å². The molecule has 1 aromatic carbocycles. The van der Waals surface area contributed by atoms with E-state index in [1.165, 1.54) is 5.56 Å². The van der Waals surface area contributed by atoms with Crippen LogP contribution < -0.4 is 9.47 Å². The average Bonchev–Trinajstić information content (AvgIpc) is 2.50. The number of benzene rings is 1. The van der Waals surface area contributed by atoms with Gasteiger partial charge in [-0.25, -0.2) is 0 Å². The van der Waals surface area contributed by atoms with Gasteiger partial charge >= 0.3 is 0 Å². The average molecular weight is 300 g/mol. The van der Waals surface area contributed by atoms with Crippen LogP contribution in [0, 0.1) is 17.8 Å². The van der Waals surface area contributed by atoms with Crippen LogP contribution in [0.15, 0.2) is 24.3 Å². The maximum absolute atomic E-state index is 12.7. The van der Waals surface area contributed by atoms with Gasteiger partial charge in [0.15, 0.2) is 0 Å². The number of methoxy groups -OCH3 is 2. The van der Waals surface area contributed by atoms with Gasteiger partial charge in [0.2, 0.25) is 0 Å². The van der Waals surface area contributed by atoms with Crippen molar-refractivity contribution in [3.05, 3.63) is 35.4 Å². The normalized spacial score (nSPS) is 28.8. The maximum atomic E-state index is 12.7. The van der Waals surface area contributed by atoms with Crippen molar-refractivity contribution in [1.29, 1.82) is 0 Å². The fourth-order valence-corrected chi connectivity index (χ4v) is 4.27. The van der Waals surface area contributed by atoms with Crippen molar-refractivity contribution in [2.45, 2.75) is 32.6 Å². The molecule has 2 aliphatic rings. The van der Waals surface area contributed by atoms with Crippen LogP contribution in [-0.4, -0.2) is 20.0 Å². The topological polar surface area (TPSA) is 35.5 Å². The third-order valence-corrected chi connectivity index (χ3v) is 5.43. The molecule has 22 heavy (non-hydrogen) atoms. The van der Waals surface area contributed by atoms with Crippen LogP contribution in [0.1, 0.15) is 31.9 Å². The van der Waals surface area contributed by atoms with E-state index in [0.717, 1.165) is 23.5 Å². The van der Waals surface area contributed by atoms with Crippen molar-refractivity contribution < 1.29 is 14.3 Å². The van der Waals surface area contributed by atoms with E-state index in [1.54, 1.807) is 14.2 Å². The number of ether oxygens (including phenoxy) is 2. The van der Waals surface area contributed by atoms with Crippen LogP contribution in [-0.2, 0) is 16.6 Å². The molecule has 0 aliphatic heterocycles. The summed E-state index contributed by atoms with van der Waals surface area (Å²) in [6, 6.07) is 3.91. The smallest absolute Gasteiger partial charge is 0.143 e. The minimum absolute atomic E-state index is 0.00945. The molecule has 3 heteroatoms. The fourth-order valence-electron chi connectivity index (χ4n) is 4.27. The maximum Gasteiger partial charge on any atom is 0.143 e. The molecule has 0 spiro atoms. The van der Waals surface area contributed by atoms with E-state index in [-0.39, 0.29) is 23.2 Å². The van der Waals surface area contributed by atoms with Gasteiger partial charge in [-0.05, 0) is 24.5 Å². The second-order valence-electron chi connectivity index (χ2n) is 6.96. The number of carbonyl (C=O) groups excluding carboxylic acids is 1. The van der Waals surface area contributed by atoms with Gasteiger partial charge in [-0.2, -0.15) is 0 Å². The van der Waals surface area contributed by atoms with Gasteiger partial charge in [0, 0.05) is 28.4 Å². The monoisotopic (exact) mass is 300 g/mol. The number of rotatable bonds is 2.